The van der Waals surface area contributed by atoms with E-state index in [0.717, 1.165) is 16.2 Å². The van der Waals surface area contributed by atoms with Crippen molar-refractivity contribution in [2.45, 2.75) is 6.04 Å². The molecule has 23 heavy (non-hydrogen) atoms. The summed E-state index contributed by atoms with van der Waals surface area (Å²) in [5, 5.41) is 13.6. The lowest BCUT2D eigenvalue weighted by molar-refractivity contribution is -0.890. The van der Waals surface area contributed by atoms with Gasteiger partial charge < -0.3 is 25.5 Å². The van der Waals surface area contributed by atoms with Crippen LogP contribution in [-0.2, 0) is 9.59 Å². The molecule has 4 N–H and O–H groups in total. The summed E-state index contributed by atoms with van der Waals surface area (Å²) in [5.74, 6) is -1.41. The number of hydrogen-bond donors (Lipinski definition) is 4. The Kier molecular flexibility index (Phi) is 7.50. The van der Waals surface area contributed by atoms with Crippen LogP contribution in [0.2, 0.25) is 0 Å². The van der Waals surface area contributed by atoms with Gasteiger partial charge in [0, 0.05) is 31.9 Å². The second kappa shape index (κ2) is 9.12. The van der Waals surface area contributed by atoms with Gasteiger partial charge in [-0.15, -0.1) is 0 Å². The maximum absolute atomic E-state index is 11.7. The monoisotopic (exact) mass is 323 g/mol. The van der Waals surface area contributed by atoms with Crippen molar-refractivity contribution in [3.05, 3.63) is 29.8 Å². The minimum absolute atomic E-state index is 0.0424. The van der Waals surface area contributed by atoms with Crippen LogP contribution in [0, 0.1) is 0 Å². The van der Waals surface area contributed by atoms with Crippen molar-refractivity contribution in [2.24, 2.45) is 0 Å². The molecule has 0 unspecified atom stereocenters. The molecule has 0 aliphatic rings. The summed E-state index contributed by atoms with van der Waals surface area (Å²) in [4.78, 5) is 26.4. The number of benzene rings is 1. The molecule has 0 saturated heterocycles. The number of aliphatic hydroxyl groups excluding tert-OH is 1. The molecule has 0 bridgehead atoms. The highest BCUT2D eigenvalue weighted by Crippen LogP contribution is 2.15. The molecule has 1 atom stereocenters. The maximum atomic E-state index is 11.7. The van der Waals surface area contributed by atoms with Crippen molar-refractivity contribution in [3.63, 3.8) is 0 Å². The van der Waals surface area contributed by atoms with Gasteiger partial charge in [-0.1, -0.05) is 12.1 Å². The molecule has 0 aromatic heterocycles. The Morgan fingerprint density at radius 1 is 1.13 bits per heavy atom. The summed E-state index contributed by atoms with van der Waals surface area (Å²) >= 11 is 0. The number of aliphatic hydroxyl groups is 1. The first kappa shape index (κ1) is 18.9. The molecule has 7 heteroatoms. The third kappa shape index (κ3) is 5.88. The summed E-state index contributed by atoms with van der Waals surface area (Å²) in [7, 11) is 7.97. The maximum Gasteiger partial charge on any atom is 0.309 e. The van der Waals surface area contributed by atoms with Gasteiger partial charge in [0.05, 0.1) is 27.2 Å². The van der Waals surface area contributed by atoms with E-state index in [4.69, 9.17) is 5.11 Å². The van der Waals surface area contributed by atoms with Gasteiger partial charge in [-0.25, -0.2) is 0 Å². The van der Waals surface area contributed by atoms with Crippen LogP contribution in [0.1, 0.15) is 11.6 Å². The average Bonchev–Trinajstić information content (AvgIpc) is 2.52. The number of carbonyl (C=O) groups is 2. The standard InChI is InChI=1S/C16H26N4O3/c1-19(2)13-7-5-12(6-8-13)14(20(3)4)11-18-16(23)15(22)17-9-10-21/h5-8,14,21H,9-11H2,1-4H3,(H,17,22)(H,18,23)/p+1/t14-/m1/s1. The van der Waals surface area contributed by atoms with Crippen LogP contribution < -0.4 is 20.4 Å². The second-order valence-electron chi connectivity index (χ2n) is 5.81. The summed E-state index contributed by atoms with van der Waals surface area (Å²) in [6.45, 7) is 0.233. The number of nitrogens with one attached hydrogen (secondary N) is 3. The Morgan fingerprint density at radius 2 is 1.70 bits per heavy atom. The Morgan fingerprint density at radius 3 is 2.17 bits per heavy atom. The van der Waals surface area contributed by atoms with Crippen LogP contribution in [0.5, 0.6) is 0 Å². The number of rotatable bonds is 7. The normalized spacial score (nSPS) is 11.9. The molecule has 0 aliphatic heterocycles. The van der Waals surface area contributed by atoms with Gasteiger partial charge in [0.25, 0.3) is 0 Å². The molecule has 0 aliphatic carbocycles. The second-order valence-corrected chi connectivity index (χ2v) is 5.81. The molecule has 0 spiro atoms. The number of amides is 2. The van der Waals surface area contributed by atoms with Crippen molar-refractivity contribution in [1.82, 2.24) is 10.6 Å². The molecule has 0 radical (unpaired) electrons. The van der Waals surface area contributed by atoms with E-state index in [1.54, 1.807) is 0 Å². The van der Waals surface area contributed by atoms with Gasteiger partial charge in [-0.3, -0.25) is 9.59 Å². The van der Waals surface area contributed by atoms with E-state index in [1.165, 1.54) is 0 Å². The molecule has 7 nitrogen and oxygen atoms in total. The van der Waals surface area contributed by atoms with E-state index in [0.29, 0.717) is 6.54 Å². The van der Waals surface area contributed by atoms with Crippen molar-refractivity contribution >= 4 is 17.5 Å². The van der Waals surface area contributed by atoms with Crippen LogP contribution in [0.4, 0.5) is 5.69 Å². The first-order chi connectivity index (χ1) is 10.9. The van der Waals surface area contributed by atoms with Crippen LogP contribution in [-0.4, -0.2) is 64.8 Å². The lowest BCUT2D eigenvalue weighted by atomic mass is 10.1. The van der Waals surface area contributed by atoms with Crippen molar-refractivity contribution in [1.29, 1.82) is 0 Å². The van der Waals surface area contributed by atoms with Crippen molar-refractivity contribution < 1.29 is 19.6 Å². The zero-order valence-corrected chi connectivity index (χ0v) is 14.2. The molecule has 2 amide bonds. The average molecular weight is 323 g/mol. The summed E-state index contributed by atoms with van der Waals surface area (Å²) in [5.41, 5.74) is 2.19. The highest BCUT2D eigenvalue weighted by atomic mass is 16.3. The van der Waals surface area contributed by atoms with Gasteiger partial charge >= 0.3 is 11.8 Å². The van der Waals surface area contributed by atoms with Crippen molar-refractivity contribution in [3.8, 4) is 0 Å². The molecule has 1 aromatic carbocycles. The van der Waals surface area contributed by atoms with E-state index in [-0.39, 0.29) is 19.2 Å². The highest BCUT2D eigenvalue weighted by molar-refractivity contribution is 6.35. The fraction of sp³-hybridized carbons (Fsp3) is 0.500. The molecule has 0 heterocycles. The largest absolute Gasteiger partial charge is 0.395 e. The molecule has 1 rings (SSSR count). The van der Waals surface area contributed by atoms with Crippen LogP contribution in [0.25, 0.3) is 0 Å². The smallest absolute Gasteiger partial charge is 0.309 e. The Bertz CT molecular complexity index is 515. The Labute approximate surface area is 137 Å². The fourth-order valence-electron chi connectivity index (χ4n) is 2.18. The number of quaternary nitrogens is 1. The molecule has 0 fully saturated rings. The minimum Gasteiger partial charge on any atom is -0.395 e. The summed E-state index contributed by atoms with van der Waals surface area (Å²) < 4.78 is 0. The Balaban J connectivity index is 2.68. The van der Waals surface area contributed by atoms with Crippen molar-refractivity contribution in [2.75, 3.05) is 52.8 Å². The van der Waals surface area contributed by atoms with Gasteiger partial charge in [0.15, 0.2) is 0 Å². The topological polar surface area (TPSA) is 86.1 Å². The van der Waals surface area contributed by atoms with Crippen LogP contribution in [0.15, 0.2) is 24.3 Å². The number of nitrogens with zero attached hydrogens (tertiary/aromatic N) is 1. The predicted molar refractivity (Wildman–Crippen MR) is 89.4 cm³/mol. The first-order valence-electron chi connectivity index (χ1n) is 7.61. The third-order valence-corrected chi connectivity index (χ3v) is 3.58. The zero-order valence-electron chi connectivity index (χ0n) is 14.2. The number of carbonyl (C=O) groups excluding carboxylic acids is 2. The van der Waals surface area contributed by atoms with E-state index < -0.39 is 11.8 Å². The highest BCUT2D eigenvalue weighted by Gasteiger charge is 2.21. The zero-order chi connectivity index (χ0) is 17.4. The SMILES string of the molecule is CN(C)c1ccc([C@@H](CNC(=O)C(=O)NCCO)[NH+](C)C)cc1. The fourth-order valence-corrected chi connectivity index (χ4v) is 2.18. The molecule has 128 valence electrons. The first-order valence-corrected chi connectivity index (χ1v) is 7.61. The quantitative estimate of drug-likeness (QED) is 0.444. The van der Waals surface area contributed by atoms with Gasteiger partial charge in [-0.2, -0.15) is 0 Å². The van der Waals surface area contributed by atoms with E-state index in [9.17, 15) is 9.59 Å². The molecular formula is C16H27N4O3+. The number of likely N-dealkylation sites (N-methyl/N-ethyl adjacent to an activating group) is 1. The van der Waals surface area contributed by atoms with Crippen LogP contribution in [0.3, 0.4) is 0 Å². The van der Waals surface area contributed by atoms with Gasteiger partial charge in [0.2, 0.25) is 0 Å². The number of anilines is 1. The van der Waals surface area contributed by atoms with Gasteiger partial charge in [0.1, 0.15) is 6.04 Å². The van der Waals surface area contributed by atoms with E-state index in [1.807, 2.05) is 57.4 Å². The Hall–Kier alpha value is -2.12. The molecule has 1 aromatic rings. The molecule has 0 saturated carbocycles. The number of hydrogen-bond acceptors (Lipinski definition) is 4. The van der Waals surface area contributed by atoms with E-state index >= 15 is 0 Å². The summed E-state index contributed by atoms with van der Waals surface area (Å²) in [6, 6.07) is 8.17. The van der Waals surface area contributed by atoms with Crippen LogP contribution >= 0.6 is 0 Å². The van der Waals surface area contributed by atoms with Gasteiger partial charge in [-0.05, 0) is 12.1 Å². The van der Waals surface area contributed by atoms with E-state index in [2.05, 4.69) is 10.6 Å². The predicted octanol–water partition coefficient (Wildman–Crippen LogP) is -1.84. The molecular weight excluding hydrogens is 296 g/mol. The lowest BCUT2D eigenvalue weighted by Crippen LogP contribution is -3.07. The lowest BCUT2D eigenvalue weighted by Gasteiger charge is -2.23. The minimum atomic E-state index is -0.727. The third-order valence-electron chi connectivity index (χ3n) is 3.58. The summed E-state index contributed by atoms with van der Waals surface area (Å²) in [6.07, 6.45) is 0.